The lowest BCUT2D eigenvalue weighted by molar-refractivity contribution is -0.143. The highest BCUT2D eigenvalue weighted by Crippen LogP contribution is 2.40. The van der Waals surface area contributed by atoms with Crippen molar-refractivity contribution in [3.05, 3.63) is 69.7 Å². The molecule has 0 amide bonds. The second kappa shape index (κ2) is 8.13. The lowest BCUT2D eigenvalue weighted by Crippen LogP contribution is -2.39. The van der Waals surface area contributed by atoms with E-state index in [1.165, 1.54) is 6.07 Å². The maximum Gasteiger partial charge on any atom is 0.417 e. The molecule has 1 aliphatic heterocycles. The van der Waals surface area contributed by atoms with Crippen molar-refractivity contribution in [1.82, 2.24) is 4.90 Å². The molecule has 0 aliphatic carbocycles. The summed E-state index contributed by atoms with van der Waals surface area (Å²) in [7, 11) is 0. The van der Waals surface area contributed by atoms with E-state index in [4.69, 9.17) is 11.6 Å². The van der Waals surface area contributed by atoms with E-state index < -0.39 is 29.8 Å². The summed E-state index contributed by atoms with van der Waals surface area (Å²) in [6.45, 7) is 2.52. The van der Waals surface area contributed by atoms with Gasteiger partial charge < -0.3 is 5.11 Å². The van der Waals surface area contributed by atoms with Gasteiger partial charge in [0, 0.05) is 6.54 Å². The molecule has 3 nitrogen and oxygen atoms in total. The van der Waals surface area contributed by atoms with Crippen LogP contribution in [0.15, 0.2) is 42.5 Å². The molecule has 150 valence electrons. The molecule has 0 saturated carbocycles. The fourth-order valence-electron chi connectivity index (χ4n) is 3.80. The first-order valence-corrected chi connectivity index (χ1v) is 9.54. The Morgan fingerprint density at radius 1 is 1.21 bits per heavy atom. The van der Waals surface area contributed by atoms with Crippen molar-refractivity contribution in [2.45, 2.75) is 44.4 Å². The van der Waals surface area contributed by atoms with E-state index in [-0.39, 0.29) is 5.02 Å². The molecule has 0 spiro atoms. The Bertz CT molecular complexity index is 852. The van der Waals surface area contributed by atoms with E-state index in [9.17, 15) is 23.1 Å². The van der Waals surface area contributed by atoms with Crippen LogP contribution in [0.5, 0.6) is 0 Å². The number of aryl methyl sites for hydroxylation is 1. The number of halogens is 4. The smallest absolute Gasteiger partial charge is 0.417 e. The van der Waals surface area contributed by atoms with Crippen LogP contribution in [0.25, 0.3) is 0 Å². The zero-order chi connectivity index (χ0) is 20.5. The molecular formula is C21H21ClF3NO2. The predicted molar refractivity (Wildman–Crippen MR) is 101 cm³/mol. The topological polar surface area (TPSA) is 40.5 Å². The number of rotatable bonds is 5. The van der Waals surface area contributed by atoms with Crippen molar-refractivity contribution in [3.63, 3.8) is 0 Å². The van der Waals surface area contributed by atoms with Crippen molar-refractivity contribution < 1.29 is 23.1 Å². The molecule has 1 fully saturated rings. The van der Waals surface area contributed by atoms with Crippen LogP contribution in [0.2, 0.25) is 5.02 Å². The van der Waals surface area contributed by atoms with E-state index in [0.29, 0.717) is 24.9 Å². The van der Waals surface area contributed by atoms with Gasteiger partial charge in [0.2, 0.25) is 0 Å². The summed E-state index contributed by atoms with van der Waals surface area (Å²) in [5.74, 6) is -0.960. The van der Waals surface area contributed by atoms with Crippen molar-refractivity contribution >= 4 is 17.6 Å². The van der Waals surface area contributed by atoms with Gasteiger partial charge in [0.1, 0.15) is 6.04 Å². The van der Waals surface area contributed by atoms with Gasteiger partial charge in [0.05, 0.1) is 16.6 Å². The molecular weight excluding hydrogens is 391 g/mol. The number of carboxylic acid groups (broad SMARTS) is 1. The van der Waals surface area contributed by atoms with Gasteiger partial charge in [-0.05, 0) is 48.1 Å². The molecule has 1 saturated heterocycles. The number of benzene rings is 2. The number of carbonyl (C=O) groups is 1. The van der Waals surface area contributed by atoms with Gasteiger partial charge in [0.15, 0.2) is 0 Å². The number of hydrogen-bond acceptors (Lipinski definition) is 2. The summed E-state index contributed by atoms with van der Waals surface area (Å²) in [5.41, 5.74) is 1.34. The number of carboxylic acids is 1. The summed E-state index contributed by atoms with van der Waals surface area (Å²) < 4.78 is 40.1. The molecule has 7 heteroatoms. The summed E-state index contributed by atoms with van der Waals surface area (Å²) in [6, 6.07) is 10.1. The Labute approximate surface area is 166 Å². The highest BCUT2D eigenvalue weighted by molar-refractivity contribution is 6.31. The van der Waals surface area contributed by atoms with Crippen LogP contribution < -0.4 is 0 Å². The molecule has 28 heavy (non-hydrogen) atoms. The van der Waals surface area contributed by atoms with Crippen molar-refractivity contribution in [1.29, 1.82) is 0 Å². The Morgan fingerprint density at radius 3 is 2.43 bits per heavy atom. The first-order chi connectivity index (χ1) is 13.2. The van der Waals surface area contributed by atoms with Gasteiger partial charge in [-0.1, -0.05) is 48.9 Å². The van der Waals surface area contributed by atoms with Gasteiger partial charge in [-0.3, -0.25) is 9.69 Å². The Hall–Kier alpha value is -2.05. The molecule has 2 unspecified atom stereocenters. The fraction of sp³-hybridized carbons (Fsp3) is 0.381. The molecule has 0 radical (unpaired) electrons. The molecule has 0 aromatic heterocycles. The van der Waals surface area contributed by atoms with Gasteiger partial charge >= 0.3 is 12.1 Å². The third-order valence-electron chi connectivity index (χ3n) is 5.23. The fourth-order valence-corrected chi connectivity index (χ4v) is 4.03. The SMILES string of the molecule is CCc1ccc(C(c2ccc(Cl)c(C(F)(F)F)c2)N2CCCC2C(=O)O)cc1. The Morgan fingerprint density at radius 2 is 1.86 bits per heavy atom. The molecule has 3 rings (SSSR count). The third-order valence-corrected chi connectivity index (χ3v) is 5.56. The normalized spacial score (nSPS) is 19.0. The third kappa shape index (κ3) is 4.18. The highest BCUT2D eigenvalue weighted by atomic mass is 35.5. The van der Waals surface area contributed by atoms with Crippen LogP contribution in [-0.2, 0) is 17.4 Å². The maximum atomic E-state index is 13.4. The molecule has 0 bridgehead atoms. The van der Waals surface area contributed by atoms with E-state index in [1.807, 2.05) is 31.2 Å². The number of likely N-dealkylation sites (tertiary alicyclic amines) is 1. The van der Waals surface area contributed by atoms with Crippen LogP contribution >= 0.6 is 11.6 Å². The average molecular weight is 412 g/mol. The Balaban J connectivity index is 2.12. The van der Waals surface area contributed by atoms with Crippen LogP contribution in [0.1, 0.15) is 48.1 Å². The Kier molecular flexibility index (Phi) is 6.01. The van der Waals surface area contributed by atoms with Gasteiger partial charge in [-0.25, -0.2) is 0 Å². The summed E-state index contributed by atoms with van der Waals surface area (Å²) >= 11 is 5.78. The van der Waals surface area contributed by atoms with Gasteiger partial charge in [0.25, 0.3) is 0 Å². The molecule has 2 atom stereocenters. The molecule has 1 heterocycles. The summed E-state index contributed by atoms with van der Waals surface area (Å²) in [4.78, 5) is 13.5. The van der Waals surface area contributed by atoms with Crippen molar-refractivity contribution in [2.24, 2.45) is 0 Å². The number of nitrogens with zero attached hydrogens (tertiary/aromatic N) is 1. The highest BCUT2D eigenvalue weighted by Gasteiger charge is 2.39. The zero-order valence-corrected chi connectivity index (χ0v) is 16.1. The van der Waals surface area contributed by atoms with Gasteiger partial charge in [-0.15, -0.1) is 0 Å². The molecule has 2 aromatic rings. The first kappa shape index (κ1) is 20.7. The van der Waals surface area contributed by atoms with Gasteiger partial charge in [-0.2, -0.15) is 13.2 Å². The maximum absolute atomic E-state index is 13.4. The second-order valence-corrected chi connectivity index (χ2v) is 7.38. The molecule has 1 aliphatic rings. The minimum absolute atomic E-state index is 0.368. The van der Waals surface area contributed by atoms with Crippen LogP contribution in [-0.4, -0.2) is 28.6 Å². The lowest BCUT2D eigenvalue weighted by Gasteiger charge is -2.32. The molecule has 1 N–H and O–H groups in total. The van der Waals surface area contributed by atoms with E-state index in [1.54, 1.807) is 11.0 Å². The van der Waals surface area contributed by atoms with Crippen molar-refractivity contribution in [2.75, 3.05) is 6.54 Å². The van der Waals surface area contributed by atoms with Crippen molar-refractivity contribution in [3.8, 4) is 0 Å². The standard InChI is InChI=1S/C21H21ClF3NO2/c1-2-13-5-7-14(8-6-13)19(26-11-3-4-18(26)20(27)28)15-9-10-17(22)16(12-15)21(23,24)25/h5-10,12,18-19H,2-4,11H2,1H3,(H,27,28). The average Bonchev–Trinajstić information content (AvgIpc) is 3.12. The minimum Gasteiger partial charge on any atom is -0.480 e. The summed E-state index contributed by atoms with van der Waals surface area (Å²) in [5, 5.41) is 9.23. The monoisotopic (exact) mass is 411 g/mol. The minimum atomic E-state index is -4.58. The van der Waals surface area contributed by atoms with E-state index in [0.717, 1.165) is 23.6 Å². The van der Waals surface area contributed by atoms with E-state index in [2.05, 4.69) is 0 Å². The van der Waals surface area contributed by atoms with E-state index >= 15 is 0 Å². The molecule has 2 aromatic carbocycles. The number of aliphatic carboxylic acids is 1. The summed E-state index contributed by atoms with van der Waals surface area (Å²) in [6.07, 6.45) is -2.59. The van der Waals surface area contributed by atoms with Crippen LogP contribution in [0, 0.1) is 0 Å². The quantitative estimate of drug-likeness (QED) is 0.700. The largest absolute Gasteiger partial charge is 0.480 e. The number of hydrogen-bond donors (Lipinski definition) is 1. The zero-order valence-electron chi connectivity index (χ0n) is 15.3. The van der Waals surface area contributed by atoms with Crippen LogP contribution in [0.3, 0.4) is 0 Å². The number of alkyl halides is 3. The lowest BCUT2D eigenvalue weighted by atomic mass is 9.93. The van der Waals surface area contributed by atoms with Crippen LogP contribution in [0.4, 0.5) is 13.2 Å². The predicted octanol–water partition coefficient (Wildman–Crippen LogP) is 5.56. The second-order valence-electron chi connectivity index (χ2n) is 6.97. The first-order valence-electron chi connectivity index (χ1n) is 9.16.